The molecule has 2 N–H and O–H groups in total. The Morgan fingerprint density at radius 3 is 2.95 bits per heavy atom. The first kappa shape index (κ1) is 14.5. The summed E-state index contributed by atoms with van der Waals surface area (Å²) in [5, 5.41) is 10.1. The molecule has 2 rings (SSSR count). The van der Waals surface area contributed by atoms with Crippen LogP contribution in [-0.2, 0) is 11.3 Å². The second-order valence-corrected chi connectivity index (χ2v) is 4.95. The molecule has 0 aliphatic heterocycles. The van der Waals surface area contributed by atoms with E-state index in [0.29, 0.717) is 18.7 Å². The molecule has 0 aliphatic rings. The summed E-state index contributed by atoms with van der Waals surface area (Å²) in [5.74, 6) is 0.614. The average molecular weight is 291 g/mol. The molecule has 0 atom stereocenters. The molecule has 0 aromatic carbocycles. The Morgan fingerprint density at radius 2 is 2.30 bits per heavy atom. The van der Waals surface area contributed by atoms with E-state index in [1.165, 1.54) is 5.56 Å². The number of hydrogen-bond donors (Lipinski definition) is 2. The van der Waals surface area contributed by atoms with Crippen molar-refractivity contribution in [1.29, 1.82) is 0 Å². The van der Waals surface area contributed by atoms with Gasteiger partial charge in [0.15, 0.2) is 0 Å². The van der Waals surface area contributed by atoms with Crippen molar-refractivity contribution >= 4 is 23.1 Å². The number of hydrogen-bond acceptors (Lipinski definition) is 5. The fourth-order valence-corrected chi connectivity index (χ4v) is 2.26. The van der Waals surface area contributed by atoms with Crippen molar-refractivity contribution in [3.05, 3.63) is 46.3 Å². The van der Waals surface area contributed by atoms with E-state index in [-0.39, 0.29) is 5.91 Å². The summed E-state index contributed by atoms with van der Waals surface area (Å²) >= 11 is 1.67. The van der Waals surface area contributed by atoms with E-state index >= 15 is 0 Å². The topological polar surface area (TPSA) is 63.2 Å². The van der Waals surface area contributed by atoms with Gasteiger partial charge in [-0.25, -0.2) is 4.98 Å². The Labute approximate surface area is 122 Å². The molecule has 106 valence electrons. The summed E-state index contributed by atoms with van der Waals surface area (Å²) in [7, 11) is 1.60. The van der Waals surface area contributed by atoms with Gasteiger partial charge >= 0.3 is 0 Å². The maximum atomic E-state index is 11.7. The molecule has 0 radical (unpaired) electrons. The van der Waals surface area contributed by atoms with E-state index in [4.69, 9.17) is 4.74 Å². The Balaban J connectivity index is 1.84. The van der Waals surface area contributed by atoms with Crippen LogP contribution in [0, 0.1) is 0 Å². The minimum Gasteiger partial charge on any atom is -0.383 e. The van der Waals surface area contributed by atoms with Gasteiger partial charge in [0.1, 0.15) is 5.82 Å². The number of aromatic nitrogens is 1. The van der Waals surface area contributed by atoms with Crippen LogP contribution < -0.4 is 10.6 Å². The molecule has 2 aromatic heterocycles. The first-order chi connectivity index (χ1) is 9.79. The van der Waals surface area contributed by atoms with Gasteiger partial charge in [-0.2, -0.15) is 11.3 Å². The smallest absolute Gasteiger partial charge is 0.252 e. The minimum atomic E-state index is -0.140. The number of ether oxygens (including phenoxy) is 1. The molecule has 0 spiro atoms. The largest absolute Gasteiger partial charge is 0.383 e. The predicted molar refractivity (Wildman–Crippen MR) is 80.1 cm³/mol. The van der Waals surface area contributed by atoms with Gasteiger partial charge in [-0.15, -0.1) is 0 Å². The molecule has 20 heavy (non-hydrogen) atoms. The fourth-order valence-electron chi connectivity index (χ4n) is 1.59. The van der Waals surface area contributed by atoms with E-state index < -0.39 is 0 Å². The number of thiophene rings is 1. The summed E-state index contributed by atoms with van der Waals surface area (Å²) in [5.41, 5.74) is 1.76. The van der Waals surface area contributed by atoms with E-state index in [2.05, 4.69) is 27.1 Å². The highest BCUT2D eigenvalue weighted by Crippen LogP contribution is 2.10. The molecule has 0 fully saturated rings. The number of carbonyl (C=O) groups excluding carboxylic acids is 1. The first-order valence-corrected chi connectivity index (χ1v) is 7.22. The molecular weight excluding hydrogens is 274 g/mol. The van der Waals surface area contributed by atoms with Crippen LogP contribution in [-0.4, -0.2) is 31.2 Å². The van der Waals surface area contributed by atoms with Gasteiger partial charge in [0.05, 0.1) is 12.2 Å². The summed E-state index contributed by atoms with van der Waals surface area (Å²) in [6.07, 6.45) is 1.57. The number of pyridine rings is 1. The third-order valence-electron chi connectivity index (χ3n) is 2.67. The van der Waals surface area contributed by atoms with Gasteiger partial charge in [0.2, 0.25) is 0 Å². The van der Waals surface area contributed by atoms with Gasteiger partial charge in [-0.1, -0.05) is 0 Å². The van der Waals surface area contributed by atoms with Crippen molar-refractivity contribution < 1.29 is 9.53 Å². The zero-order valence-corrected chi connectivity index (χ0v) is 12.1. The van der Waals surface area contributed by atoms with Gasteiger partial charge in [-0.05, 0) is 34.5 Å². The Kier molecular flexibility index (Phi) is 5.52. The molecule has 0 unspecified atom stereocenters. The maximum absolute atomic E-state index is 11.7. The van der Waals surface area contributed by atoms with E-state index in [1.54, 1.807) is 36.8 Å². The van der Waals surface area contributed by atoms with Gasteiger partial charge < -0.3 is 15.4 Å². The third kappa shape index (κ3) is 4.32. The number of methoxy groups -OCH3 is 1. The lowest BCUT2D eigenvalue weighted by atomic mass is 10.2. The molecular formula is C14H17N3O2S. The number of amides is 1. The summed E-state index contributed by atoms with van der Waals surface area (Å²) < 4.78 is 4.88. The lowest BCUT2D eigenvalue weighted by Gasteiger charge is -2.06. The maximum Gasteiger partial charge on any atom is 0.252 e. The Bertz CT molecular complexity index is 526. The normalized spacial score (nSPS) is 10.2. The molecule has 6 heteroatoms. The number of nitrogens with zero attached hydrogens (tertiary/aromatic N) is 1. The van der Waals surface area contributed by atoms with Crippen LogP contribution >= 0.6 is 11.3 Å². The van der Waals surface area contributed by atoms with Crippen LogP contribution in [0.15, 0.2) is 35.2 Å². The number of carbonyl (C=O) groups is 1. The average Bonchev–Trinajstić information content (AvgIpc) is 2.99. The highest BCUT2D eigenvalue weighted by molar-refractivity contribution is 7.07. The van der Waals surface area contributed by atoms with E-state index in [9.17, 15) is 4.79 Å². The molecule has 0 saturated heterocycles. The predicted octanol–water partition coefficient (Wildman–Crippen LogP) is 2.13. The molecule has 1 amide bonds. The number of nitrogens with one attached hydrogen (secondary N) is 2. The van der Waals surface area contributed by atoms with Gasteiger partial charge in [0.25, 0.3) is 5.91 Å². The highest BCUT2D eigenvalue weighted by Gasteiger charge is 2.05. The minimum absolute atomic E-state index is 0.140. The van der Waals surface area contributed by atoms with Crippen LogP contribution in [0.25, 0.3) is 0 Å². The molecule has 0 aliphatic carbocycles. The fraction of sp³-hybridized carbons (Fsp3) is 0.286. The second kappa shape index (κ2) is 7.62. The van der Waals surface area contributed by atoms with Crippen molar-refractivity contribution in [3.8, 4) is 0 Å². The first-order valence-electron chi connectivity index (χ1n) is 6.27. The summed E-state index contributed by atoms with van der Waals surface area (Å²) in [6.45, 7) is 1.73. The molecule has 0 bridgehead atoms. The van der Waals surface area contributed by atoms with E-state index in [0.717, 1.165) is 12.4 Å². The number of rotatable bonds is 7. The zero-order chi connectivity index (χ0) is 14.2. The second-order valence-electron chi connectivity index (χ2n) is 4.17. The third-order valence-corrected chi connectivity index (χ3v) is 3.40. The van der Waals surface area contributed by atoms with Crippen LogP contribution in [0.5, 0.6) is 0 Å². The monoisotopic (exact) mass is 291 g/mol. The van der Waals surface area contributed by atoms with Gasteiger partial charge in [-0.3, -0.25) is 4.79 Å². The van der Waals surface area contributed by atoms with Crippen molar-refractivity contribution in [1.82, 2.24) is 10.3 Å². The zero-order valence-electron chi connectivity index (χ0n) is 11.3. The molecule has 0 saturated carbocycles. The molecule has 2 aromatic rings. The quantitative estimate of drug-likeness (QED) is 0.767. The Hall–Kier alpha value is -1.92. The highest BCUT2D eigenvalue weighted by atomic mass is 32.1. The lowest BCUT2D eigenvalue weighted by Crippen LogP contribution is -2.27. The van der Waals surface area contributed by atoms with Crippen molar-refractivity contribution in [2.75, 3.05) is 25.6 Å². The van der Waals surface area contributed by atoms with Crippen molar-refractivity contribution in [2.45, 2.75) is 6.54 Å². The van der Waals surface area contributed by atoms with Crippen LogP contribution in [0.2, 0.25) is 0 Å². The number of anilines is 1. The standard InChI is InChI=1S/C14H17N3O2S/c1-19-6-5-15-14(18)12-2-3-13(17-9-12)16-8-11-4-7-20-10-11/h2-4,7,9-10H,5-6,8H2,1H3,(H,15,18)(H,16,17). The Morgan fingerprint density at radius 1 is 1.40 bits per heavy atom. The SMILES string of the molecule is COCCNC(=O)c1ccc(NCc2ccsc2)nc1. The van der Waals surface area contributed by atoms with E-state index in [1.807, 2.05) is 5.38 Å². The molecule has 5 nitrogen and oxygen atoms in total. The van der Waals surface area contributed by atoms with Crippen LogP contribution in [0.3, 0.4) is 0 Å². The van der Waals surface area contributed by atoms with Crippen molar-refractivity contribution in [3.63, 3.8) is 0 Å². The summed E-state index contributed by atoms with van der Waals surface area (Å²) in [4.78, 5) is 16.0. The van der Waals surface area contributed by atoms with Crippen molar-refractivity contribution in [2.24, 2.45) is 0 Å². The van der Waals surface area contributed by atoms with Crippen LogP contribution in [0.4, 0.5) is 5.82 Å². The van der Waals surface area contributed by atoms with Gasteiger partial charge in [0, 0.05) is 26.4 Å². The van der Waals surface area contributed by atoms with Crippen LogP contribution in [0.1, 0.15) is 15.9 Å². The molecule has 2 heterocycles. The lowest BCUT2D eigenvalue weighted by molar-refractivity contribution is 0.0937. The summed E-state index contributed by atoms with van der Waals surface area (Å²) in [6, 6.07) is 5.62.